The molecular weight excluding hydrogens is 484 g/mol. The lowest BCUT2D eigenvalue weighted by atomic mass is 9.86. The molecule has 3 N–H and O–H groups in total. The first-order chi connectivity index (χ1) is 18.2. The van der Waals surface area contributed by atoms with Crippen molar-refractivity contribution in [2.75, 3.05) is 0 Å². The van der Waals surface area contributed by atoms with E-state index in [1.54, 1.807) is 38.1 Å². The van der Waals surface area contributed by atoms with Gasteiger partial charge in [-0.15, -0.1) is 10.2 Å². The number of rotatable bonds is 11. The Kier molecular flexibility index (Phi) is 8.20. The number of hydrogen-bond donors (Lipinski definition) is 3. The minimum Gasteiger partial charge on any atom is -0.508 e. The number of phenols is 1. The van der Waals surface area contributed by atoms with Crippen LogP contribution in [0.4, 0.5) is 0 Å². The van der Waals surface area contributed by atoms with Crippen molar-refractivity contribution in [3.05, 3.63) is 89.4 Å². The number of nitrogens with one attached hydrogen (secondary N) is 2. The summed E-state index contributed by atoms with van der Waals surface area (Å²) in [6.45, 7) is 7.55. The molecule has 10 heteroatoms. The summed E-state index contributed by atoms with van der Waals surface area (Å²) in [5.74, 6) is 1.05. The van der Waals surface area contributed by atoms with Crippen molar-refractivity contribution < 1.29 is 19.4 Å². The molecule has 2 aromatic heterocycles. The van der Waals surface area contributed by atoms with Crippen molar-refractivity contribution in [1.82, 2.24) is 30.9 Å². The van der Waals surface area contributed by atoms with Gasteiger partial charge in [0.05, 0.1) is 6.20 Å². The predicted octanol–water partition coefficient (Wildman–Crippen LogP) is 3.88. The second kappa shape index (κ2) is 11.7. The Morgan fingerprint density at radius 2 is 1.92 bits per heavy atom. The number of ether oxygens (including phenoxy) is 2. The summed E-state index contributed by atoms with van der Waals surface area (Å²) < 4.78 is 11.5. The zero-order valence-corrected chi connectivity index (χ0v) is 21.9. The molecule has 10 nitrogen and oxygen atoms in total. The quantitative estimate of drug-likeness (QED) is 0.273. The van der Waals surface area contributed by atoms with Crippen molar-refractivity contribution in [2.45, 2.75) is 58.3 Å². The number of carbonyl (C=O) groups is 1. The maximum Gasteiger partial charge on any atom is 0.263 e. The number of benzene rings is 2. The zero-order valence-electron chi connectivity index (χ0n) is 21.9. The molecule has 0 aliphatic heterocycles. The van der Waals surface area contributed by atoms with E-state index in [2.05, 4.69) is 55.2 Å². The molecule has 1 amide bonds. The van der Waals surface area contributed by atoms with Crippen molar-refractivity contribution >= 4 is 5.91 Å². The van der Waals surface area contributed by atoms with Crippen LogP contribution < -0.4 is 14.8 Å². The summed E-state index contributed by atoms with van der Waals surface area (Å²) in [6, 6.07) is 18.6. The number of hydrogen-bond acceptors (Lipinski definition) is 8. The van der Waals surface area contributed by atoms with Gasteiger partial charge in [-0.2, -0.15) is 5.21 Å². The molecule has 2 atom stereocenters. The number of tetrazole rings is 1. The van der Waals surface area contributed by atoms with E-state index in [9.17, 15) is 9.90 Å². The summed E-state index contributed by atoms with van der Waals surface area (Å²) >= 11 is 0. The molecule has 0 aliphatic carbocycles. The molecule has 0 aliphatic rings. The maximum atomic E-state index is 13.3. The molecule has 2 unspecified atom stereocenters. The van der Waals surface area contributed by atoms with E-state index < -0.39 is 5.60 Å². The maximum absolute atomic E-state index is 13.3. The number of aryl methyl sites for hydroxylation is 1. The van der Waals surface area contributed by atoms with Crippen LogP contribution in [0.25, 0.3) is 0 Å². The second-order valence-electron chi connectivity index (χ2n) is 9.71. The summed E-state index contributed by atoms with van der Waals surface area (Å²) in [5.41, 5.74) is 2.08. The number of aromatic amines is 1. The lowest BCUT2D eigenvalue weighted by molar-refractivity contribution is -0.135. The first-order valence-electron chi connectivity index (χ1n) is 12.4. The Bertz CT molecular complexity index is 1320. The highest BCUT2D eigenvalue weighted by Gasteiger charge is 2.33. The second-order valence-corrected chi connectivity index (χ2v) is 9.71. The van der Waals surface area contributed by atoms with E-state index in [-0.39, 0.29) is 36.1 Å². The van der Waals surface area contributed by atoms with Gasteiger partial charge in [-0.05, 0) is 63.4 Å². The van der Waals surface area contributed by atoms with Crippen LogP contribution in [0.15, 0.2) is 66.9 Å². The van der Waals surface area contributed by atoms with Crippen LogP contribution in [0.3, 0.4) is 0 Å². The van der Waals surface area contributed by atoms with Crippen LogP contribution in [0.1, 0.15) is 49.2 Å². The number of aromatic hydroxyl groups is 1. The molecule has 0 spiro atoms. The van der Waals surface area contributed by atoms with E-state index in [1.165, 1.54) is 11.8 Å². The lowest BCUT2D eigenvalue weighted by Crippen LogP contribution is -2.51. The fraction of sp³-hybridized carbons (Fsp3) is 0.321. The third-order valence-electron chi connectivity index (χ3n) is 6.21. The van der Waals surface area contributed by atoms with Gasteiger partial charge in [-0.3, -0.25) is 4.79 Å². The monoisotopic (exact) mass is 516 g/mol. The van der Waals surface area contributed by atoms with Gasteiger partial charge < -0.3 is 19.9 Å². The fourth-order valence-corrected chi connectivity index (χ4v) is 4.01. The molecule has 4 aromatic rings. The Morgan fingerprint density at radius 3 is 2.58 bits per heavy atom. The number of amides is 1. The predicted molar refractivity (Wildman–Crippen MR) is 141 cm³/mol. The number of phenolic OH excluding ortho intramolecular Hbond substituents is 1. The van der Waals surface area contributed by atoms with Gasteiger partial charge in [0.1, 0.15) is 11.5 Å². The van der Waals surface area contributed by atoms with Crippen molar-refractivity contribution in [1.29, 1.82) is 0 Å². The van der Waals surface area contributed by atoms with Crippen molar-refractivity contribution in [2.24, 2.45) is 0 Å². The fourth-order valence-electron chi connectivity index (χ4n) is 4.01. The third-order valence-corrected chi connectivity index (χ3v) is 6.21. The molecule has 0 bridgehead atoms. The number of nitrogens with zero attached hydrogens (tertiary/aromatic N) is 4. The smallest absolute Gasteiger partial charge is 0.263 e. The van der Waals surface area contributed by atoms with Crippen LogP contribution in [0.2, 0.25) is 0 Å². The number of carbonyl (C=O) groups excluding carboxylic acids is 1. The van der Waals surface area contributed by atoms with Crippen LogP contribution >= 0.6 is 0 Å². The van der Waals surface area contributed by atoms with Crippen LogP contribution in [-0.2, 0) is 17.8 Å². The Balaban J connectivity index is 1.41. The van der Waals surface area contributed by atoms with Crippen LogP contribution in [0, 0.1) is 6.92 Å². The average Bonchev–Trinajstić information content (AvgIpc) is 3.41. The highest BCUT2D eigenvalue weighted by molar-refractivity contribution is 5.85. The normalized spacial score (nSPS) is 12.9. The molecule has 0 radical (unpaired) electrons. The van der Waals surface area contributed by atoms with E-state index >= 15 is 0 Å². The standard InChI is InChI=1S/C28H32N6O4/c1-18-8-10-20(11-9-18)14-24(21-6-5-7-22(35)15-21)19(2)30-27(36)28(3,4)38-26-13-12-23(16-29-26)37-17-25-31-33-34-32-25/h5-13,15-16,19,24,35H,14,17H2,1-4H3,(H,30,36)(H,31,32,33,34). The van der Waals surface area contributed by atoms with E-state index in [4.69, 9.17) is 9.47 Å². The SMILES string of the molecule is Cc1ccc(CC(c2cccc(O)c2)C(C)NC(=O)C(C)(C)Oc2ccc(OCc3nn[nH]n3)cn2)cc1. The number of H-pyrrole nitrogens is 1. The van der Waals surface area contributed by atoms with E-state index in [1.807, 2.05) is 26.0 Å². The largest absolute Gasteiger partial charge is 0.508 e. The molecule has 198 valence electrons. The van der Waals surface area contributed by atoms with E-state index in [0.717, 1.165) is 11.1 Å². The molecular formula is C28H32N6O4. The summed E-state index contributed by atoms with van der Waals surface area (Å²) in [4.78, 5) is 17.6. The van der Waals surface area contributed by atoms with Gasteiger partial charge in [0.25, 0.3) is 5.91 Å². The van der Waals surface area contributed by atoms with Crippen LogP contribution in [0.5, 0.6) is 17.4 Å². The van der Waals surface area contributed by atoms with Gasteiger partial charge in [0, 0.05) is 18.0 Å². The highest BCUT2D eigenvalue weighted by Crippen LogP contribution is 2.28. The molecule has 0 saturated carbocycles. The minimum absolute atomic E-state index is 0.0710. The van der Waals surface area contributed by atoms with Crippen molar-refractivity contribution in [3.63, 3.8) is 0 Å². The average molecular weight is 517 g/mol. The molecule has 38 heavy (non-hydrogen) atoms. The topological polar surface area (TPSA) is 135 Å². The molecule has 2 heterocycles. The summed E-state index contributed by atoms with van der Waals surface area (Å²) in [5, 5.41) is 26.7. The number of pyridine rings is 1. The molecule has 0 fully saturated rings. The third kappa shape index (κ3) is 7.06. The Morgan fingerprint density at radius 1 is 1.13 bits per heavy atom. The molecule has 0 saturated heterocycles. The van der Waals surface area contributed by atoms with Gasteiger partial charge in [0.2, 0.25) is 11.7 Å². The van der Waals surface area contributed by atoms with Gasteiger partial charge in [-0.25, -0.2) is 4.98 Å². The van der Waals surface area contributed by atoms with E-state index in [0.29, 0.717) is 18.0 Å². The molecule has 4 rings (SSSR count). The van der Waals surface area contributed by atoms with Gasteiger partial charge in [0.15, 0.2) is 12.2 Å². The van der Waals surface area contributed by atoms with Gasteiger partial charge in [-0.1, -0.05) is 47.2 Å². The first kappa shape index (κ1) is 26.6. The zero-order chi connectivity index (χ0) is 27.1. The lowest BCUT2D eigenvalue weighted by Gasteiger charge is -2.30. The highest BCUT2D eigenvalue weighted by atomic mass is 16.5. The summed E-state index contributed by atoms with van der Waals surface area (Å²) in [6.07, 6.45) is 2.20. The number of aromatic nitrogens is 5. The Hall–Kier alpha value is -4.47. The Labute approximate surface area is 221 Å². The molecule has 2 aromatic carbocycles. The van der Waals surface area contributed by atoms with Crippen molar-refractivity contribution in [3.8, 4) is 17.4 Å². The van der Waals surface area contributed by atoms with Crippen LogP contribution in [-0.4, -0.2) is 48.3 Å². The minimum atomic E-state index is -1.19. The first-order valence-corrected chi connectivity index (χ1v) is 12.4. The summed E-state index contributed by atoms with van der Waals surface area (Å²) in [7, 11) is 0. The van der Waals surface area contributed by atoms with Gasteiger partial charge >= 0.3 is 0 Å².